The zero-order chi connectivity index (χ0) is 19.4. The van der Waals surface area contributed by atoms with Crippen molar-refractivity contribution in [1.82, 2.24) is 19.8 Å². The number of halogens is 1. The fourth-order valence-corrected chi connectivity index (χ4v) is 3.22. The van der Waals surface area contributed by atoms with Gasteiger partial charge in [0.05, 0.1) is 12.8 Å². The van der Waals surface area contributed by atoms with Gasteiger partial charge in [-0.15, -0.1) is 0 Å². The average molecular weight is 372 g/mol. The van der Waals surface area contributed by atoms with Crippen molar-refractivity contribution in [1.29, 1.82) is 0 Å². The van der Waals surface area contributed by atoms with Gasteiger partial charge in [0, 0.05) is 44.1 Å². The minimum Gasteiger partial charge on any atom is -0.339 e. The summed E-state index contributed by atoms with van der Waals surface area (Å²) < 4.78 is 13.2. The summed E-state index contributed by atoms with van der Waals surface area (Å²) in [4.78, 5) is 45.6. The quantitative estimate of drug-likeness (QED) is 0.803. The molecule has 1 saturated heterocycles. The first-order valence-electron chi connectivity index (χ1n) is 8.77. The highest BCUT2D eigenvalue weighted by atomic mass is 19.1. The van der Waals surface area contributed by atoms with Gasteiger partial charge >= 0.3 is 0 Å². The first-order chi connectivity index (χ1) is 12.9. The molecule has 1 aliphatic rings. The summed E-state index contributed by atoms with van der Waals surface area (Å²) >= 11 is 0. The van der Waals surface area contributed by atoms with Crippen LogP contribution in [-0.2, 0) is 22.4 Å². The summed E-state index contributed by atoms with van der Waals surface area (Å²) in [6.45, 7) is 3.22. The lowest BCUT2D eigenvalue weighted by atomic mass is 10.1. The van der Waals surface area contributed by atoms with E-state index in [1.54, 1.807) is 28.1 Å². The molecular weight excluding hydrogens is 351 g/mol. The van der Waals surface area contributed by atoms with Gasteiger partial charge in [0.1, 0.15) is 0 Å². The van der Waals surface area contributed by atoms with E-state index in [-0.39, 0.29) is 36.3 Å². The van der Waals surface area contributed by atoms with Gasteiger partial charge in [0.25, 0.3) is 0 Å². The minimum atomic E-state index is -0.605. The fraction of sp³-hybridized carbons (Fsp3) is 0.368. The SMILES string of the molecule is C[C@H]1CN(C(=O)Cc2ccnc(F)c2)CCN1C(=O)Cc1ccc(=O)[nH]c1. The third-order valence-corrected chi connectivity index (χ3v) is 4.65. The van der Waals surface area contributed by atoms with Crippen LogP contribution in [0, 0.1) is 5.95 Å². The maximum Gasteiger partial charge on any atom is 0.247 e. The molecule has 0 saturated carbocycles. The monoisotopic (exact) mass is 372 g/mol. The lowest BCUT2D eigenvalue weighted by Crippen LogP contribution is -2.56. The number of pyridine rings is 2. The number of nitrogens with zero attached hydrogens (tertiary/aromatic N) is 3. The second kappa shape index (κ2) is 8.11. The van der Waals surface area contributed by atoms with Crippen LogP contribution in [0.5, 0.6) is 0 Å². The normalized spacial score (nSPS) is 17.0. The predicted molar refractivity (Wildman–Crippen MR) is 96.4 cm³/mol. The van der Waals surface area contributed by atoms with E-state index in [0.717, 1.165) is 5.56 Å². The average Bonchev–Trinajstić information content (AvgIpc) is 2.63. The summed E-state index contributed by atoms with van der Waals surface area (Å²) in [5, 5.41) is 0. The van der Waals surface area contributed by atoms with Gasteiger partial charge in [-0.05, 0) is 30.2 Å². The number of aromatic nitrogens is 2. The number of hydrogen-bond acceptors (Lipinski definition) is 4. The topological polar surface area (TPSA) is 86.4 Å². The van der Waals surface area contributed by atoms with Crippen molar-refractivity contribution in [2.75, 3.05) is 19.6 Å². The molecule has 0 aromatic carbocycles. The smallest absolute Gasteiger partial charge is 0.247 e. The molecule has 2 aromatic heterocycles. The Kier molecular flexibility index (Phi) is 5.63. The standard InChI is InChI=1S/C19H21FN4O3/c1-13-12-23(18(26)9-14-4-5-21-16(20)8-14)6-7-24(13)19(27)10-15-2-3-17(25)22-11-15/h2-5,8,11,13H,6-7,9-10,12H2,1H3,(H,22,25)/t13-/m0/s1. The van der Waals surface area contributed by atoms with Crippen LogP contribution >= 0.6 is 0 Å². The third kappa shape index (κ3) is 4.78. The van der Waals surface area contributed by atoms with Crippen molar-refractivity contribution in [3.05, 3.63) is 64.1 Å². The number of piperazine rings is 1. The molecule has 2 amide bonds. The van der Waals surface area contributed by atoms with E-state index in [2.05, 4.69) is 9.97 Å². The lowest BCUT2D eigenvalue weighted by molar-refractivity contribution is -0.141. The van der Waals surface area contributed by atoms with Crippen LogP contribution in [0.3, 0.4) is 0 Å². The first kappa shape index (κ1) is 18.8. The van der Waals surface area contributed by atoms with Crippen molar-refractivity contribution in [3.8, 4) is 0 Å². The molecule has 1 atom stereocenters. The van der Waals surface area contributed by atoms with Crippen LogP contribution < -0.4 is 5.56 Å². The molecule has 0 spiro atoms. The van der Waals surface area contributed by atoms with Crippen LogP contribution in [0.2, 0.25) is 0 Å². The van der Waals surface area contributed by atoms with Crippen LogP contribution in [0.15, 0.2) is 41.5 Å². The summed E-state index contributed by atoms with van der Waals surface area (Å²) in [5.41, 5.74) is 1.11. The van der Waals surface area contributed by atoms with E-state index in [9.17, 15) is 18.8 Å². The zero-order valence-electron chi connectivity index (χ0n) is 15.0. The van der Waals surface area contributed by atoms with Gasteiger partial charge in [-0.3, -0.25) is 14.4 Å². The molecule has 142 valence electrons. The molecule has 0 bridgehead atoms. The van der Waals surface area contributed by atoms with Crippen LogP contribution in [-0.4, -0.2) is 57.3 Å². The Labute approximate surface area is 155 Å². The first-order valence-corrected chi connectivity index (χ1v) is 8.77. The molecule has 1 aliphatic heterocycles. The van der Waals surface area contributed by atoms with E-state index < -0.39 is 5.95 Å². The molecule has 0 radical (unpaired) electrons. The fourth-order valence-electron chi connectivity index (χ4n) is 3.22. The summed E-state index contributed by atoms with van der Waals surface area (Å²) in [6, 6.07) is 5.78. The maximum absolute atomic E-state index is 13.2. The Balaban J connectivity index is 1.56. The minimum absolute atomic E-state index is 0.0437. The van der Waals surface area contributed by atoms with Crippen molar-refractivity contribution in [2.24, 2.45) is 0 Å². The Morgan fingerprint density at radius 2 is 1.96 bits per heavy atom. The number of nitrogens with one attached hydrogen (secondary N) is 1. The van der Waals surface area contributed by atoms with Gasteiger partial charge in [-0.25, -0.2) is 4.98 Å². The molecule has 7 nitrogen and oxygen atoms in total. The van der Waals surface area contributed by atoms with E-state index >= 15 is 0 Å². The predicted octanol–water partition coefficient (Wildman–Crippen LogP) is 0.753. The Morgan fingerprint density at radius 1 is 1.19 bits per heavy atom. The highest BCUT2D eigenvalue weighted by molar-refractivity contribution is 5.81. The lowest BCUT2D eigenvalue weighted by Gasteiger charge is -2.40. The maximum atomic E-state index is 13.2. The zero-order valence-corrected chi connectivity index (χ0v) is 15.0. The Bertz CT molecular complexity index is 878. The van der Waals surface area contributed by atoms with Gasteiger partial charge in [-0.1, -0.05) is 6.07 Å². The molecule has 1 N–H and O–H groups in total. The second-order valence-corrected chi connectivity index (χ2v) is 6.68. The molecule has 0 aliphatic carbocycles. The van der Waals surface area contributed by atoms with Crippen molar-refractivity contribution < 1.29 is 14.0 Å². The Morgan fingerprint density at radius 3 is 2.63 bits per heavy atom. The van der Waals surface area contributed by atoms with E-state index in [4.69, 9.17) is 0 Å². The second-order valence-electron chi connectivity index (χ2n) is 6.68. The molecule has 3 rings (SSSR count). The van der Waals surface area contributed by atoms with Crippen LogP contribution in [0.25, 0.3) is 0 Å². The number of rotatable bonds is 4. The highest BCUT2D eigenvalue weighted by Gasteiger charge is 2.29. The highest BCUT2D eigenvalue weighted by Crippen LogP contribution is 2.14. The molecule has 27 heavy (non-hydrogen) atoms. The number of hydrogen-bond donors (Lipinski definition) is 1. The molecule has 0 unspecified atom stereocenters. The van der Waals surface area contributed by atoms with Gasteiger partial charge in [0.2, 0.25) is 23.3 Å². The summed E-state index contributed by atoms with van der Waals surface area (Å²) in [5.74, 6) is -0.746. The molecule has 3 heterocycles. The van der Waals surface area contributed by atoms with Crippen LogP contribution in [0.1, 0.15) is 18.1 Å². The molecular formula is C19H21FN4O3. The van der Waals surface area contributed by atoms with Crippen molar-refractivity contribution in [2.45, 2.75) is 25.8 Å². The van der Waals surface area contributed by atoms with Gasteiger partial charge in [0.15, 0.2) is 0 Å². The number of H-pyrrole nitrogens is 1. The van der Waals surface area contributed by atoms with E-state index in [1.807, 2.05) is 6.92 Å². The van der Waals surface area contributed by atoms with Gasteiger partial charge in [-0.2, -0.15) is 4.39 Å². The molecule has 2 aromatic rings. The van der Waals surface area contributed by atoms with Crippen LogP contribution in [0.4, 0.5) is 4.39 Å². The summed E-state index contributed by atoms with van der Waals surface area (Å²) in [6.07, 6.45) is 3.19. The number of amides is 2. The van der Waals surface area contributed by atoms with E-state index in [1.165, 1.54) is 18.3 Å². The van der Waals surface area contributed by atoms with E-state index in [0.29, 0.717) is 25.2 Å². The summed E-state index contributed by atoms with van der Waals surface area (Å²) in [7, 11) is 0. The van der Waals surface area contributed by atoms with Crippen molar-refractivity contribution >= 4 is 11.8 Å². The number of aromatic amines is 1. The Hall–Kier alpha value is -3.03. The third-order valence-electron chi connectivity index (χ3n) is 4.65. The molecule has 1 fully saturated rings. The van der Waals surface area contributed by atoms with Gasteiger partial charge < -0.3 is 14.8 Å². The molecule has 8 heteroatoms. The number of carbonyl (C=O) groups is 2. The number of carbonyl (C=O) groups excluding carboxylic acids is 2. The van der Waals surface area contributed by atoms with Crippen molar-refractivity contribution in [3.63, 3.8) is 0 Å². The largest absolute Gasteiger partial charge is 0.339 e.